The van der Waals surface area contributed by atoms with Crippen molar-refractivity contribution in [3.8, 4) is 5.75 Å². The van der Waals surface area contributed by atoms with Crippen LogP contribution < -0.4 is 10.1 Å². The maximum Gasteiger partial charge on any atom is 0.165 e. The van der Waals surface area contributed by atoms with E-state index in [1.54, 1.807) is 12.1 Å². The van der Waals surface area contributed by atoms with E-state index >= 15 is 0 Å². The molecule has 0 aliphatic rings. The molecule has 16 heavy (non-hydrogen) atoms. The quantitative estimate of drug-likeness (QED) is 0.899. The van der Waals surface area contributed by atoms with Crippen molar-refractivity contribution in [2.75, 3.05) is 20.2 Å². The summed E-state index contributed by atoms with van der Waals surface area (Å²) in [4.78, 5) is 0. The van der Waals surface area contributed by atoms with Crippen LogP contribution >= 0.6 is 15.9 Å². The SMILES string of the molecule is CNCC(C)(C)COc1cc(Br)ccc1F. The average molecular weight is 290 g/mol. The summed E-state index contributed by atoms with van der Waals surface area (Å²) < 4.78 is 19.7. The van der Waals surface area contributed by atoms with Gasteiger partial charge in [0.15, 0.2) is 11.6 Å². The normalized spacial score (nSPS) is 11.6. The first-order valence-electron chi connectivity index (χ1n) is 5.17. The van der Waals surface area contributed by atoms with E-state index in [9.17, 15) is 4.39 Å². The van der Waals surface area contributed by atoms with E-state index in [1.807, 2.05) is 7.05 Å². The van der Waals surface area contributed by atoms with Crippen molar-refractivity contribution < 1.29 is 9.13 Å². The molecule has 0 spiro atoms. The first kappa shape index (κ1) is 13.5. The third-order valence-corrected chi connectivity index (χ3v) is 2.66. The van der Waals surface area contributed by atoms with Gasteiger partial charge < -0.3 is 10.1 Å². The molecule has 0 amide bonds. The van der Waals surface area contributed by atoms with Gasteiger partial charge in [-0.05, 0) is 25.2 Å². The van der Waals surface area contributed by atoms with Gasteiger partial charge in [-0.2, -0.15) is 0 Å². The van der Waals surface area contributed by atoms with Gasteiger partial charge in [-0.3, -0.25) is 0 Å². The maximum absolute atomic E-state index is 13.4. The number of benzene rings is 1. The number of hydrogen-bond acceptors (Lipinski definition) is 2. The van der Waals surface area contributed by atoms with Gasteiger partial charge in [-0.1, -0.05) is 29.8 Å². The predicted octanol–water partition coefficient (Wildman–Crippen LogP) is 3.21. The number of halogens is 2. The molecule has 1 rings (SSSR count). The molecule has 90 valence electrons. The summed E-state index contributed by atoms with van der Waals surface area (Å²) in [7, 11) is 1.89. The highest BCUT2D eigenvalue weighted by atomic mass is 79.9. The third kappa shape index (κ3) is 4.10. The Morgan fingerprint density at radius 2 is 2.12 bits per heavy atom. The fraction of sp³-hybridized carbons (Fsp3) is 0.500. The standard InChI is InChI=1S/C12H17BrFNO/c1-12(2,7-15-3)8-16-11-6-9(13)4-5-10(11)14/h4-6,15H,7-8H2,1-3H3. The van der Waals surface area contributed by atoms with Crippen LogP contribution in [-0.4, -0.2) is 20.2 Å². The summed E-state index contributed by atoms with van der Waals surface area (Å²) in [5.74, 6) is -0.0398. The van der Waals surface area contributed by atoms with Crippen LogP contribution in [0.4, 0.5) is 4.39 Å². The van der Waals surface area contributed by atoms with Gasteiger partial charge >= 0.3 is 0 Å². The minimum atomic E-state index is -0.330. The van der Waals surface area contributed by atoms with Crippen molar-refractivity contribution in [3.05, 3.63) is 28.5 Å². The molecule has 0 bridgehead atoms. The second-order valence-corrected chi connectivity index (χ2v) is 5.47. The number of nitrogens with one attached hydrogen (secondary N) is 1. The topological polar surface area (TPSA) is 21.3 Å². The monoisotopic (exact) mass is 289 g/mol. The van der Waals surface area contributed by atoms with Gasteiger partial charge in [0, 0.05) is 16.4 Å². The lowest BCUT2D eigenvalue weighted by molar-refractivity contribution is 0.173. The van der Waals surface area contributed by atoms with Crippen LogP contribution in [-0.2, 0) is 0 Å². The number of ether oxygens (including phenoxy) is 1. The minimum absolute atomic E-state index is 0.0243. The molecule has 0 unspecified atom stereocenters. The summed E-state index contributed by atoms with van der Waals surface area (Å²) in [5, 5.41) is 3.09. The smallest absolute Gasteiger partial charge is 0.165 e. The van der Waals surface area contributed by atoms with Crippen molar-refractivity contribution in [1.29, 1.82) is 0 Å². The van der Waals surface area contributed by atoms with Gasteiger partial charge in [0.25, 0.3) is 0 Å². The Balaban J connectivity index is 2.63. The van der Waals surface area contributed by atoms with E-state index in [0.717, 1.165) is 11.0 Å². The Morgan fingerprint density at radius 1 is 1.44 bits per heavy atom. The second kappa shape index (κ2) is 5.64. The average Bonchev–Trinajstić information content (AvgIpc) is 2.19. The summed E-state index contributed by atoms with van der Waals surface area (Å²) in [6.07, 6.45) is 0. The molecule has 0 aliphatic carbocycles. The van der Waals surface area contributed by atoms with E-state index in [4.69, 9.17) is 4.74 Å². The van der Waals surface area contributed by atoms with Gasteiger partial charge in [-0.25, -0.2) is 4.39 Å². The van der Waals surface area contributed by atoms with Crippen LogP contribution in [0.5, 0.6) is 5.75 Å². The fourth-order valence-electron chi connectivity index (χ4n) is 1.39. The summed E-state index contributed by atoms with van der Waals surface area (Å²) in [6.45, 7) is 5.43. The number of rotatable bonds is 5. The first-order valence-corrected chi connectivity index (χ1v) is 5.96. The molecule has 0 saturated heterocycles. The van der Waals surface area contributed by atoms with Crippen molar-refractivity contribution in [2.24, 2.45) is 5.41 Å². The molecule has 1 N–H and O–H groups in total. The molecule has 0 heterocycles. The molecule has 0 aliphatic heterocycles. The zero-order valence-electron chi connectivity index (χ0n) is 9.81. The zero-order valence-corrected chi connectivity index (χ0v) is 11.4. The van der Waals surface area contributed by atoms with E-state index in [0.29, 0.717) is 12.4 Å². The lowest BCUT2D eigenvalue weighted by Crippen LogP contribution is -2.32. The highest BCUT2D eigenvalue weighted by Crippen LogP contribution is 2.24. The summed E-state index contributed by atoms with van der Waals surface area (Å²) >= 11 is 3.29. The van der Waals surface area contributed by atoms with Crippen molar-refractivity contribution >= 4 is 15.9 Å². The minimum Gasteiger partial charge on any atom is -0.490 e. The van der Waals surface area contributed by atoms with Crippen LogP contribution in [0, 0.1) is 11.2 Å². The Morgan fingerprint density at radius 3 is 2.75 bits per heavy atom. The van der Waals surface area contributed by atoms with Crippen molar-refractivity contribution in [3.63, 3.8) is 0 Å². The van der Waals surface area contributed by atoms with Crippen molar-refractivity contribution in [2.45, 2.75) is 13.8 Å². The molecule has 0 fully saturated rings. The summed E-state index contributed by atoms with van der Waals surface area (Å²) in [6, 6.07) is 4.69. The van der Waals surface area contributed by atoms with Crippen LogP contribution in [0.2, 0.25) is 0 Å². The molecular weight excluding hydrogens is 273 g/mol. The Kier molecular flexibility index (Phi) is 4.74. The van der Waals surface area contributed by atoms with Crippen LogP contribution in [0.15, 0.2) is 22.7 Å². The number of hydrogen-bond donors (Lipinski definition) is 1. The molecular formula is C12H17BrFNO. The molecule has 2 nitrogen and oxygen atoms in total. The van der Waals surface area contributed by atoms with Crippen LogP contribution in [0.25, 0.3) is 0 Å². The molecule has 1 aromatic carbocycles. The van der Waals surface area contributed by atoms with Gasteiger partial charge in [-0.15, -0.1) is 0 Å². The maximum atomic E-state index is 13.4. The largest absolute Gasteiger partial charge is 0.490 e. The third-order valence-electron chi connectivity index (χ3n) is 2.17. The second-order valence-electron chi connectivity index (χ2n) is 4.56. The molecule has 0 atom stereocenters. The highest BCUT2D eigenvalue weighted by Gasteiger charge is 2.18. The molecule has 1 aromatic rings. The molecule has 0 saturated carbocycles. The Labute approximate surface area is 104 Å². The lowest BCUT2D eigenvalue weighted by Gasteiger charge is -2.24. The van der Waals surface area contributed by atoms with Gasteiger partial charge in [0.2, 0.25) is 0 Å². The first-order chi connectivity index (χ1) is 7.44. The fourth-order valence-corrected chi connectivity index (χ4v) is 1.73. The van der Waals surface area contributed by atoms with E-state index in [-0.39, 0.29) is 11.2 Å². The van der Waals surface area contributed by atoms with E-state index in [1.165, 1.54) is 6.07 Å². The molecule has 0 aromatic heterocycles. The molecule has 0 radical (unpaired) electrons. The van der Waals surface area contributed by atoms with E-state index < -0.39 is 0 Å². The van der Waals surface area contributed by atoms with Gasteiger partial charge in [0.05, 0.1) is 6.61 Å². The van der Waals surface area contributed by atoms with Crippen molar-refractivity contribution in [1.82, 2.24) is 5.32 Å². The highest BCUT2D eigenvalue weighted by molar-refractivity contribution is 9.10. The van der Waals surface area contributed by atoms with Crippen LogP contribution in [0.1, 0.15) is 13.8 Å². The Bertz CT molecular complexity index is 355. The molecule has 4 heteroatoms. The zero-order chi connectivity index (χ0) is 12.2. The lowest BCUT2D eigenvalue weighted by atomic mass is 9.95. The van der Waals surface area contributed by atoms with E-state index in [2.05, 4.69) is 35.1 Å². The van der Waals surface area contributed by atoms with Gasteiger partial charge in [0.1, 0.15) is 0 Å². The predicted molar refractivity (Wildman–Crippen MR) is 67.3 cm³/mol. The Hall–Kier alpha value is -0.610. The summed E-state index contributed by atoms with van der Waals surface area (Å²) in [5.41, 5.74) is -0.0243. The van der Waals surface area contributed by atoms with Crippen LogP contribution in [0.3, 0.4) is 0 Å².